The van der Waals surface area contributed by atoms with Gasteiger partial charge in [-0.2, -0.15) is 4.31 Å². The van der Waals surface area contributed by atoms with Gasteiger partial charge in [-0.25, -0.2) is 12.8 Å². The fraction of sp³-hybridized carbons (Fsp3) is 0.316. The molecule has 0 aliphatic carbocycles. The molecule has 1 N–H and O–H groups in total. The maximum absolute atomic E-state index is 13.4. The number of nitrogens with zero attached hydrogens (tertiary/aromatic N) is 1. The van der Waals surface area contributed by atoms with Crippen LogP contribution in [0, 0.1) is 19.7 Å². The number of halogens is 1. The number of rotatable bonds is 6. The predicted molar refractivity (Wildman–Crippen MR) is 100 cm³/mol. The number of carbonyl (C=O) groups excluding carboxylic acids is 1. The molecule has 1 amide bonds. The van der Waals surface area contributed by atoms with Crippen molar-refractivity contribution in [3.05, 3.63) is 58.9 Å². The normalized spacial score (nSPS) is 11.6. The Balaban J connectivity index is 2.41. The lowest BCUT2D eigenvalue weighted by molar-refractivity contribution is 0.102. The summed E-state index contributed by atoms with van der Waals surface area (Å²) in [7, 11) is -3.67. The van der Waals surface area contributed by atoms with Crippen LogP contribution in [0.3, 0.4) is 0 Å². The second-order valence-electron chi connectivity index (χ2n) is 5.98. The molecule has 0 bridgehead atoms. The molecule has 0 saturated heterocycles. The van der Waals surface area contributed by atoms with E-state index >= 15 is 0 Å². The van der Waals surface area contributed by atoms with Gasteiger partial charge in [0, 0.05) is 24.3 Å². The Labute approximate surface area is 153 Å². The maximum atomic E-state index is 13.4. The van der Waals surface area contributed by atoms with Gasteiger partial charge in [-0.15, -0.1) is 0 Å². The molecule has 0 heterocycles. The highest BCUT2D eigenvalue weighted by atomic mass is 32.2. The van der Waals surface area contributed by atoms with E-state index in [4.69, 9.17) is 0 Å². The Morgan fingerprint density at radius 3 is 2.27 bits per heavy atom. The van der Waals surface area contributed by atoms with Gasteiger partial charge in [-0.1, -0.05) is 26.0 Å². The molecule has 140 valence electrons. The van der Waals surface area contributed by atoms with Gasteiger partial charge >= 0.3 is 0 Å². The lowest BCUT2D eigenvalue weighted by Crippen LogP contribution is -2.30. The Morgan fingerprint density at radius 1 is 1.04 bits per heavy atom. The van der Waals surface area contributed by atoms with Crippen molar-refractivity contribution in [1.29, 1.82) is 0 Å². The first-order valence-electron chi connectivity index (χ1n) is 8.39. The molecule has 0 spiro atoms. The van der Waals surface area contributed by atoms with Crippen LogP contribution in [0.15, 0.2) is 41.3 Å². The highest BCUT2D eigenvalue weighted by Crippen LogP contribution is 2.22. The summed E-state index contributed by atoms with van der Waals surface area (Å²) in [5.74, 6) is -0.937. The van der Waals surface area contributed by atoms with Crippen molar-refractivity contribution < 1.29 is 17.6 Å². The van der Waals surface area contributed by atoms with Gasteiger partial charge in [0.05, 0.1) is 4.90 Å². The minimum absolute atomic E-state index is 0.0629. The average molecular weight is 378 g/mol. The topological polar surface area (TPSA) is 66.5 Å². The molecule has 26 heavy (non-hydrogen) atoms. The summed E-state index contributed by atoms with van der Waals surface area (Å²) in [6.45, 7) is 7.68. The molecule has 0 aliphatic rings. The quantitative estimate of drug-likeness (QED) is 0.833. The van der Waals surface area contributed by atoms with Crippen molar-refractivity contribution in [2.45, 2.75) is 32.6 Å². The van der Waals surface area contributed by atoms with Crippen LogP contribution < -0.4 is 5.32 Å². The van der Waals surface area contributed by atoms with Crippen LogP contribution in [0.5, 0.6) is 0 Å². The van der Waals surface area contributed by atoms with Crippen LogP contribution in [-0.4, -0.2) is 31.7 Å². The molecular formula is C19H23FN2O3S. The third-order valence-electron chi connectivity index (χ3n) is 4.24. The van der Waals surface area contributed by atoms with Gasteiger partial charge in [0.25, 0.3) is 5.91 Å². The van der Waals surface area contributed by atoms with Gasteiger partial charge < -0.3 is 5.32 Å². The van der Waals surface area contributed by atoms with Crippen LogP contribution in [0.25, 0.3) is 0 Å². The summed E-state index contributed by atoms with van der Waals surface area (Å²) in [5.41, 5.74) is 1.94. The van der Waals surface area contributed by atoms with Crippen molar-refractivity contribution in [3.8, 4) is 0 Å². The fourth-order valence-corrected chi connectivity index (χ4v) is 4.12. The number of nitrogens with one attached hydrogen (secondary N) is 1. The van der Waals surface area contributed by atoms with E-state index in [9.17, 15) is 17.6 Å². The molecule has 0 aliphatic heterocycles. The Morgan fingerprint density at radius 2 is 1.65 bits per heavy atom. The number of hydrogen-bond donors (Lipinski definition) is 1. The largest absolute Gasteiger partial charge is 0.322 e. The molecule has 0 radical (unpaired) electrons. The summed E-state index contributed by atoms with van der Waals surface area (Å²) < 4.78 is 40.1. The summed E-state index contributed by atoms with van der Waals surface area (Å²) >= 11 is 0. The van der Waals surface area contributed by atoms with E-state index in [0.29, 0.717) is 29.9 Å². The zero-order chi connectivity index (χ0) is 19.5. The smallest absolute Gasteiger partial charge is 0.255 e. The van der Waals surface area contributed by atoms with Gasteiger partial charge in [0.15, 0.2) is 0 Å². The predicted octanol–water partition coefficient (Wildman–Crippen LogP) is 3.73. The zero-order valence-electron chi connectivity index (χ0n) is 15.3. The second-order valence-corrected chi connectivity index (χ2v) is 7.92. The number of amides is 1. The van der Waals surface area contributed by atoms with E-state index in [1.807, 2.05) is 0 Å². The Hall–Kier alpha value is -2.25. The van der Waals surface area contributed by atoms with Crippen LogP contribution in [0.1, 0.15) is 35.3 Å². The lowest BCUT2D eigenvalue weighted by atomic mass is 10.1. The third kappa shape index (κ3) is 4.11. The Kier molecular flexibility index (Phi) is 6.15. The maximum Gasteiger partial charge on any atom is 0.255 e. The molecule has 0 aromatic heterocycles. The first-order chi connectivity index (χ1) is 12.2. The number of sulfonamides is 1. The van der Waals surface area contributed by atoms with E-state index < -0.39 is 21.7 Å². The van der Waals surface area contributed by atoms with Crippen LogP contribution in [0.2, 0.25) is 0 Å². The molecule has 0 fully saturated rings. The Bertz CT molecular complexity index is 922. The third-order valence-corrected chi connectivity index (χ3v) is 6.29. The summed E-state index contributed by atoms with van der Waals surface area (Å²) in [4.78, 5) is 12.7. The number of benzene rings is 2. The van der Waals surface area contributed by atoms with E-state index in [0.717, 1.165) is 0 Å². The minimum Gasteiger partial charge on any atom is -0.322 e. The molecule has 0 saturated carbocycles. The van der Waals surface area contributed by atoms with Crippen molar-refractivity contribution in [3.63, 3.8) is 0 Å². The van der Waals surface area contributed by atoms with Gasteiger partial charge in [0.1, 0.15) is 5.82 Å². The summed E-state index contributed by atoms with van der Waals surface area (Å²) in [6, 6.07) is 8.58. The zero-order valence-corrected chi connectivity index (χ0v) is 16.2. The molecule has 0 unspecified atom stereocenters. The average Bonchev–Trinajstić information content (AvgIpc) is 2.59. The van der Waals surface area contributed by atoms with E-state index in [-0.39, 0.29) is 10.5 Å². The second kappa shape index (κ2) is 7.97. The monoisotopic (exact) mass is 378 g/mol. The molecule has 5 nitrogen and oxygen atoms in total. The molecule has 0 atom stereocenters. The molecule has 7 heteroatoms. The van der Waals surface area contributed by atoms with E-state index in [1.54, 1.807) is 39.8 Å². The first kappa shape index (κ1) is 20.1. The van der Waals surface area contributed by atoms with Crippen LogP contribution in [-0.2, 0) is 10.0 Å². The van der Waals surface area contributed by atoms with E-state index in [2.05, 4.69) is 5.32 Å². The molecule has 2 rings (SSSR count). The van der Waals surface area contributed by atoms with Gasteiger partial charge in [0.2, 0.25) is 10.0 Å². The van der Waals surface area contributed by atoms with Crippen LogP contribution >= 0.6 is 0 Å². The SMILES string of the molecule is CCN(CC)S(=O)(=O)c1ccc(C)c(C(=O)Nc2cc(F)ccc2C)c1. The summed E-state index contributed by atoms with van der Waals surface area (Å²) in [6.07, 6.45) is 0. The minimum atomic E-state index is -3.67. The highest BCUT2D eigenvalue weighted by Gasteiger charge is 2.23. The lowest BCUT2D eigenvalue weighted by Gasteiger charge is -2.19. The van der Waals surface area contributed by atoms with Gasteiger partial charge in [-0.3, -0.25) is 4.79 Å². The van der Waals surface area contributed by atoms with Crippen molar-refractivity contribution in [2.24, 2.45) is 0 Å². The molecule has 2 aromatic carbocycles. The van der Waals surface area contributed by atoms with Crippen molar-refractivity contribution in [1.82, 2.24) is 4.31 Å². The molecular weight excluding hydrogens is 355 g/mol. The summed E-state index contributed by atoms with van der Waals surface area (Å²) in [5, 5.41) is 2.66. The number of aryl methyl sites for hydroxylation is 2. The highest BCUT2D eigenvalue weighted by molar-refractivity contribution is 7.89. The fourth-order valence-electron chi connectivity index (χ4n) is 2.64. The van der Waals surface area contributed by atoms with E-state index in [1.165, 1.54) is 28.6 Å². The standard InChI is InChI=1S/C19H23FN2O3S/c1-5-22(6-2)26(24,25)16-10-8-13(3)17(12-16)19(23)21-18-11-15(20)9-7-14(18)4/h7-12H,5-6H2,1-4H3,(H,21,23). The van der Waals surface area contributed by atoms with Gasteiger partial charge in [-0.05, 0) is 49.2 Å². The van der Waals surface area contributed by atoms with Crippen LogP contribution in [0.4, 0.5) is 10.1 Å². The number of hydrogen-bond acceptors (Lipinski definition) is 3. The number of anilines is 1. The molecule has 2 aromatic rings. The first-order valence-corrected chi connectivity index (χ1v) is 9.83. The van der Waals surface area contributed by atoms with Crippen molar-refractivity contribution >= 4 is 21.6 Å². The number of carbonyl (C=O) groups is 1. The van der Waals surface area contributed by atoms with Crippen molar-refractivity contribution in [2.75, 3.05) is 18.4 Å².